The molecule has 0 fully saturated rings. The van der Waals surface area contributed by atoms with Crippen LogP contribution in [0.2, 0.25) is 0 Å². The third kappa shape index (κ3) is 1.70. The number of halogens is 1. The Labute approximate surface area is 102 Å². The van der Waals surface area contributed by atoms with E-state index in [2.05, 4.69) is 10.1 Å². The van der Waals surface area contributed by atoms with Crippen molar-refractivity contribution in [1.29, 1.82) is 0 Å². The maximum atomic E-state index is 5.88. The van der Waals surface area contributed by atoms with Crippen LogP contribution in [-0.4, -0.2) is 10.1 Å². The molecule has 0 spiro atoms. The number of furan rings is 1. The largest absolute Gasteiger partial charge is 0.464 e. The van der Waals surface area contributed by atoms with Crippen LogP contribution in [0.5, 0.6) is 0 Å². The molecular weight excluding hydrogens is 240 g/mol. The Morgan fingerprint density at radius 1 is 1.29 bits per heavy atom. The van der Waals surface area contributed by atoms with Gasteiger partial charge in [0, 0.05) is 5.39 Å². The zero-order valence-corrected chi connectivity index (χ0v) is 9.81. The van der Waals surface area contributed by atoms with E-state index in [4.69, 9.17) is 20.5 Å². The van der Waals surface area contributed by atoms with Crippen molar-refractivity contribution < 1.29 is 8.94 Å². The number of hydrogen-bond donors (Lipinski definition) is 0. The summed E-state index contributed by atoms with van der Waals surface area (Å²) in [6.07, 6.45) is 1.62. The van der Waals surface area contributed by atoms with Crippen LogP contribution >= 0.6 is 11.6 Å². The molecule has 4 nitrogen and oxygen atoms in total. The fourth-order valence-electron chi connectivity index (χ4n) is 1.66. The average molecular weight is 249 g/mol. The maximum absolute atomic E-state index is 5.88. The smallest absolute Gasteiger partial charge is 0.244 e. The molecule has 3 aromatic rings. The van der Waals surface area contributed by atoms with Crippen LogP contribution in [0.15, 0.2) is 39.5 Å². The van der Waals surface area contributed by atoms with Crippen LogP contribution in [-0.2, 0) is 0 Å². The lowest BCUT2D eigenvalue weighted by Crippen LogP contribution is -1.83. The Morgan fingerprint density at radius 3 is 2.88 bits per heavy atom. The summed E-state index contributed by atoms with van der Waals surface area (Å²) in [6, 6.07) is 7.70. The van der Waals surface area contributed by atoms with Crippen molar-refractivity contribution in [2.75, 3.05) is 0 Å². The van der Waals surface area contributed by atoms with Gasteiger partial charge in [-0.25, -0.2) is 0 Å². The van der Waals surface area contributed by atoms with E-state index in [0.29, 0.717) is 11.7 Å². The lowest BCUT2D eigenvalue weighted by Gasteiger charge is -1.90. The van der Waals surface area contributed by atoms with Crippen LogP contribution in [0, 0.1) is 0 Å². The van der Waals surface area contributed by atoms with Crippen LogP contribution in [0.3, 0.4) is 0 Å². The minimum Gasteiger partial charge on any atom is -0.464 e. The molecule has 2 heterocycles. The van der Waals surface area contributed by atoms with E-state index in [9.17, 15) is 0 Å². The van der Waals surface area contributed by atoms with Gasteiger partial charge in [-0.15, -0.1) is 11.6 Å². The summed E-state index contributed by atoms with van der Waals surface area (Å²) in [4.78, 5) is 4.23. The van der Waals surface area contributed by atoms with Gasteiger partial charge in [-0.1, -0.05) is 23.4 Å². The van der Waals surface area contributed by atoms with Gasteiger partial charge < -0.3 is 8.94 Å². The minimum absolute atomic E-state index is 0.297. The first-order valence-electron chi connectivity index (χ1n) is 5.20. The molecule has 3 rings (SSSR count). The highest BCUT2D eigenvalue weighted by molar-refractivity contribution is 6.20. The molecule has 2 aromatic heterocycles. The van der Waals surface area contributed by atoms with Crippen LogP contribution < -0.4 is 0 Å². The molecule has 1 unspecified atom stereocenters. The second-order valence-electron chi connectivity index (χ2n) is 3.72. The molecule has 0 amide bonds. The molecule has 1 aromatic carbocycles. The van der Waals surface area contributed by atoms with E-state index in [0.717, 1.165) is 16.5 Å². The molecule has 86 valence electrons. The third-order valence-corrected chi connectivity index (χ3v) is 2.69. The van der Waals surface area contributed by atoms with E-state index < -0.39 is 0 Å². The minimum atomic E-state index is -0.297. The lowest BCUT2D eigenvalue weighted by molar-refractivity contribution is 0.379. The zero-order chi connectivity index (χ0) is 11.8. The quantitative estimate of drug-likeness (QED) is 0.648. The number of hydrogen-bond acceptors (Lipinski definition) is 4. The molecule has 17 heavy (non-hydrogen) atoms. The van der Waals surface area contributed by atoms with Crippen molar-refractivity contribution in [2.45, 2.75) is 12.3 Å². The Balaban J connectivity index is 2.14. The molecule has 0 aliphatic carbocycles. The summed E-state index contributed by atoms with van der Waals surface area (Å²) in [6.45, 7) is 1.78. The first-order valence-corrected chi connectivity index (χ1v) is 5.63. The fraction of sp³-hybridized carbons (Fsp3) is 0.167. The van der Waals surface area contributed by atoms with Crippen LogP contribution in [0.25, 0.3) is 22.4 Å². The first kappa shape index (κ1) is 10.4. The molecule has 5 heteroatoms. The summed E-state index contributed by atoms with van der Waals surface area (Å²) in [5, 5.41) is 4.56. The van der Waals surface area contributed by atoms with Gasteiger partial charge in [0.05, 0.1) is 5.56 Å². The van der Waals surface area contributed by atoms with E-state index in [1.54, 1.807) is 13.2 Å². The molecule has 1 atom stereocenters. The number of alkyl halides is 1. The lowest BCUT2D eigenvalue weighted by atomic mass is 10.2. The Hall–Kier alpha value is -1.81. The summed E-state index contributed by atoms with van der Waals surface area (Å²) in [5.74, 6) is 0.907. The number of aromatic nitrogens is 2. The third-order valence-electron chi connectivity index (χ3n) is 2.50. The van der Waals surface area contributed by atoms with Gasteiger partial charge in [0.15, 0.2) is 0 Å². The van der Waals surface area contributed by atoms with E-state index in [1.807, 2.05) is 24.3 Å². The average Bonchev–Trinajstić information content (AvgIpc) is 2.95. The predicted molar refractivity (Wildman–Crippen MR) is 63.8 cm³/mol. The zero-order valence-electron chi connectivity index (χ0n) is 9.05. The Kier molecular flexibility index (Phi) is 2.37. The Morgan fingerprint density at radius 2 is 2.12 bits per heavy atom. The highest BCUT2D eigenvalue weighted by Gasteiger charge is 2.16. The number of nitrogens with zero attached hydrogens (tertiary/aromatic N) is 2. The van der Waals surface area contributed by atoms with Crippen molar-refractivity contribution in [2.24, 2.45) is 0 Å². The SMILES string of the molecule is CC(Cl)c1nc(-c2coc3ccccc23)no1. The van der Waals surface area contributed by atoms with Crippen molar-refractivity contribution >= 4 is 22.6 Å². The normalized spacial score (nSPS) is 13.1. The second-order valence-corrected chi connectivity index (χ2v) is 4.37. The van der Waals surface area contributed by atoms with Gasteiger partial charge in [0.25, 0.3) is 0 Å². The number of para-hydroxylation sites is 1. The Bertz CT molecular complexity index is 657. The topological polar surface area (TPSA) is 52.1 Å². The molecule has 0 radical (unpaired) electrons. The van der Waals surface area contributed by atoms with E-state index in [-0.39, 0.29) is 5.38 Å². The predicted octanol–water partition coefficient (Wildman–Crippen LogP) is 3.78. The van der Waals surface area contributed by atoms with Gasteiger partial charge in [-0.2, -0.15) is 4.98 Å². The van der Waals surface area contributed by atoms with E-state index >= 15 is 0 Å². The second kappa shape index (κ2) is 3.89. The number of rotatable bonds is 2. The summed E-state index contributed by atoms with van der Waals surface area (Å²) >= 11 is 5.88. The summed E-state index contributed by atoms with van der Waals surface area (Å²) in [7, 11) is 0. The maximum Gasteiger partial charge on any atom is 0.244 e. The molecule has 0 N–H and O–H groups in total. The van der Waals surface area contributed by atoms with Crippen LogP contribution in [0.1, 0.15) is 18.2 Å². The molecular formula is C12H9ClN2O2. The standard InChI is InChI=1S/C12H9ClN2O2/c1-7(13)12-14-11(15-17-12)9-6-16-10-5-3-2-4-8(9)10/h2-7H,1H3. The van der Waals surface area contributed by atoms with Crippen molar-refractivity contribution in [1.82, 2.24) is 10.1 Å². The highest BCUT2D eigenvalue weighted by atomic mass is 35.5. The van der Waals surface area contributed by atoms with Gasteiger partial charge >= 0.3 is 0 Å². The molecule has 0 saturated heterocycles. The van der Waals surface area contributed by atoms with Crippen molar-refractivity contribution in [3.8, 4) is 11.4 Å². The van der Waals surface area contributed by atoms with Crippen molar-refractivity contribution in [3.05, 3.63) is 36.4 Å². The fourth-order valence-corrected chi connectivity index (χ4v) is 1.75. The van der Waals surface area contributed by atoms with E-state index in [1.165, 1.54) is 0 Å². The molecule has 0 aliphatic heterocycles. The van der Waals surface area contributed by atoms with Gasteiger partial charge in [0.2, 0.25) is 11.7 Å². The van der Waals surface area contributed by atoms with Gasteiger partial charge in [0.1, 0.15) is 17.2 Å². The highest BCUT2D eigenvalue weighted by Crippen LogP contribution is 2.29. The van der Waals surface area contributed by atoms with Gasteiger partial charge in [-0.05, 0) is 13.0 Å². The molecule has 0 bridgehead atoms. The molecule has 0 saturated carbocycles. The summed E-state index contributed by atoms with van der Waals surface area (Å²) in [5.41, 5.74) is 1.61. The number of fused-ring (bicyclic) bond motifs is 1. The van der Waals surface area contributed by atoms with Crippen molar-refractivity contribution in [3.63, 3.8) is 0 Å². The monoisotopic (exact) mass is 248 g/mol. The molecule has 0 aliphatic rings. The van der Waals surface area contributed by atoms with Gasteiger partial charge in [-0.3, -0.25) is 0 Å². The first-order chi connectivity index (χ1) is 8.25. The van der Waals surface area contributed by atoms with Crippen LogP contribution in [0.4, 0.5) is 0 Å². The number of benzene rings is 1. The summed E-state index contributed by atoms with van der Waals surface area (Å²) < 4.78 is 10.5.